The molecular weight excluding hydrogens is 779 g/mol. The largest absolute Gasteiger partial charge is 0.354 e. The van der Waals surface area contributed by atoms with Crippen LogP contribution in [0.1, 0.15) is 111 Å². The van der Waals surface area contributed by atoms with Gasteiger partial charge in [0, 0.05) is 31.3 Å². The van der Waals surface area contributed by atoms with Gasteiger partial charge >= 0.3 is 0 Å². The van der Waals surface area contributed by atoms with Gasteiger partial charge in [-0.3, -0.25) is 24.0 Å². The van der Waals surface area contributed by atoms with Gasteiger partial charge in [0.1, 0.15) is 17.9 Å². The first-order chi connectivity index (χ1) is 30.2. The van der Waals surface area contributed by atoms with E-state index in [0.717, 1.165) is 83.4 Å². The smallest absolute Gasteiger partial charge is 0.250 e. The summed E-state index contributed by atoms with van der Waals surface area (Å²) >= 11 is 0. The second-order valence-electron chi connectivity index (χ2n) is 16.9. The summed E-state index contributed by atoms with van der Waals surface area (Å²) in [5.74, 6) is 0.182. The standard InChI is InChI=1S/C50H55N7O5/c1-32(53-43(58)16-8-9-29-51-49(61)44(37-11-4-2-5-12-37)55-47(59)39-25-26-39)33-17-19-34(20-18-33)35-21-23-36(24-22-35)41-31-52-46(54-41)42-15-10-30-57(42)50(62)45(38-13-6-3-7-14-38)56-48(60)40-27-28-40/h2-7,11-14,17-24,31-32,39-40,42,44-45H,8-10,15-16,25-30H2,1H3,(H,51,61)(H,52,54)(H,53,58)(H,55,59)(H,56,60). The van der Waals surface area contributed by atoms with Crippen molar-refractivity contribution in [2.45, 2.75) is 88.9 Å². The molecule has 4 unspecified atom stereocenters. The molecule has 8 rings (SSSR count). The van der Waals surface area contributed by atoms with Crippen molar-refractivity contribution in [2.75, 3.05) is 13.1 Å². The summed E-state index contributed by atoms with van der Waals surface area (Å²) in [5.41, 5.74) is 6.47. The quantitative estimate of drug-likeness (QED) is 0.0578. The number of aromatic amines is 1. The highest BCUT2D eigenvalue weighted by Gasteiger charge is 2.39. The number of imidazole rings is 1. The number of nitrogens with one attached hydrogen (secondary N) is 5. The van der Waals surface area contributed by atoms with Crippen LogP contribution in [0.25, 0.3) is 22.4 Å². The Hall–Kier alpha value is -6.56. The maximum atomic E-state index is 14.1. The number of carbonyl (C=O) groups is 5. The van der Waals surface area contributed by atoms with E-state index in [4.69, 9.17) is 4.98 Å². The van der Waals surface area contributed by atoms with Crippen LogP contribution in [-0.4, -0.2) is 57.5 Å². The molecular formula is C50H55N7O5. The molecule has 1 aromatic heterocycles. The third-order valence-electron chi connectivity index (χ3n) is 12.1. The number of likely N-dealkylation sites (tertiary alicyclic amines) is 1. The van der Waals surface area contributed by atoms with Crippen LogP contribution >= 0.6 is 0 Å². The Morgan fingerprint density at radius 3 is 1.84 bits per heavy atom. The minimum atomic E-state index is -0.738. The fourth-order valence-corrected chi connectivity index (χ4v) is 8.15. The minimum Gasteiger partial charge on any atom is -0.354 e. The van der Waals surface area contributed by atoms with Crippen molar-refractivity contribution in [3.63, 3.8) is 0 Å². The van der Waals surface area contributed by atoms with Crippen LogP contribution in [0.2, 0.25) is 0 Å². The number of aromatic nitrogens is 2. The molecule has 0 radical (unpaired) electrons. The van der Waals surface area contributed by atoms with E-state index in [1.807, 2.05) is 90.8 Å². The molecule has 4 aromatic carbocycles. The highest BCUT2D eigenvalue weighted by Crippen LogP contribution is 2.36. The predicted molar refractivity (Wildman–Crippen MR) is 237 cm³/mol. The van der Waals surface area contributed by atoms with Crippen LogP contribution in [0.4, 0.5) is 0 Å². The molecule has 62 heavy (non-hydrogen) atoms. The van der Waals surface area contributed by atoms with Crippen LogP contribution in [0.5, 0.6) is 0 Å². The lowest BCUT2D eigenvalue weighted by Gasteiger charge is -2.28. The van der Waals surface area contributed by atoms with Crippen molar-refractivity contribution >= 4 is 29.5 Å². The van der Waals surface area contributed by atoms with E-state index in [9.17, 15) is 24.0 Å². The Morgan fingerprint density at radius 1 is 0.661 bits per heavy atom. The van der Waals surface area contributed by atoms with Crippen LogP contribution in [-0.2, 0) is 24.0 Å². The van der Waals surface area contributed by atoms with E-state index < -0.39 is 12.1 Å². The Labute approximate surface area is 362 Å². The molecule has 5 N–H and O–H groups in total. The number of nitrogens with zero attached hydrogens (tertiary/aromatic N) is 2. The van der Waals surface area contributed by atoms with E-state index in [1.165, 1.54) is 0 Å². The molecule has 4 atom stereocenters. The van der Waals surface area contributed by atoms with E-state index in [0.29, 0.717) is 32.4 Å². The number of hydrogen-bond donors (Lipinski definition) is 5. The Morgan fingerprint density at radius 2 is 1.23 bits per heavy atom. The fraction of sp³-hybridized carbons (Fsp3) is 0.360. The maximum absolute atomic E-state index is 14.1. The molecule has 2 heterocycles. The van der Waals surface area contributed by atoms with Gasteiger partial charge in [-0.05, 0) is 91.7 Å². The summed E-state index contributed by atoms with van der Waals surface area (Å²) in [5, 5.41) is 12.0. The zero-order valence-corrected chi connectivity index (χ0v) is 35.1. The van der Waals surface area contributed by atoms with Crippen molar-refractivity contribution in [3.05, 3.63) is 138 Å². The van der Waals surface area contributed by atoms with Crippen molar-refractivity contribution in [1.82, 2.24) is 36.1 Å². The SMILES string of the molecule is CC(NC(=O)CCCCNC(=O)C(NC(=O)C1CC1)c1ccccc1)c1ccc(-c2ccc(-c3cnc(C4CCCN4C(=O)C(NC(=O)C4CC4)c4ccccc4)[nH]3)cc2)cc1. The third kappa shape index (κ3) is 10.5. The van der Waals surface area contributed by atoms with E-state index in [2.05, 4.69) is 62.6 Å². The number of hydrogen-bond acceptors (Lipinski definition) is 6. The topological polar surface area (TPSA) is 165 Å². The normalized spacial score (nSPS) is 17.4. The van der Waals surface area contributed by atoms with Crippen LogP contribution < -0.4 is 21.3 Å². The molecule has 2 saturated carbocycles. The van der Waals surface area contributed by atoms with Gasteiger partial charge < -0.3 is 31.2 Å². The zero-order chi connectivity index (χ0) is 43.0. The van der Waals surface area contributed by atoms with Gasteiger partial charge in [0.25, 0.3) is 0 Å². The zero-order valence-electron chi connectivity index (χ0n) is 35.1. The van der Waals surface area contributed by atoms with E-state index >= 15 is 0 Å². The summed E-state index contributed by atoms with van der Waals surface area (Å²) in [4.78, 5) is 75.2. The summed E-state index contributed by atoms with van der Waals surface area (Å²) in [6.45, 7) is 2.98. The molecule has 12 heteroatoms. The second-order valence-corrected chi connectivity index (χ2v) is 16.9. The summed E-state index contributed by atoms with van der Waals surface area (Å²) in [6, 6.07) is 33.3. The number of rotatable bonds is 18. The Kier molecular flexibility index (Phi) is 13.2. The van der Waals surface area contributed by atoms with Gasteiger partial charge in [0.05, 0.1) is 24.0 Å². The molecule has 0 spiro atoms. The highest BCUT2D eigenvalue weighted by molar-refractivity contribution is 5.91. The van der Waals surface area contributed by atoms with Crippen LogP contribution in [0.3, 0.4) is 0 Å². The molecule has 12 nitrogen and oxygen atoms in total. The first-order valence-corrected chi connectivity index (χ1v) is 22.1. The molecule has 320 valence electrons. The fourth-order valence-electron chi connectivity index (χ4n) is 8.15. The number of benzene rings is 4. The molecule has 3 aliphatic rings. The Balaban J connectivity index is 0.802. The van der Waals surface area contributed by atoms with Gasteiger partial charge in [0.15, 0.2) is 0 Å². The molecule has 3 fully saturated rings. The van der Waals surface area contributed by atoms with E-state index in [1.54, 1.807) is 0 Å². The van der Waals surface area contributed by atoms with Crippen LogP contribution in [0.15, 0.2) is 115 Å². The summed E-state index contributed by atoms with van der Waals surface area (Å²) in [7, 11) is 0. The number of H-pyrrole nitrogens is 1. The molecule has 1 saturated heterocycles. The lowest BCUT2D eigenvalue weighted by atomic mass is 10.00. The van der Waals surface area contributed by atoms with Crippen molar-refractivity contribution in [3.8, 4) is 22.4 Å². The highest BCUT2D eigenvalue weighted by atomic mass is 16.2. The summed E-state index contributed by atoms with van der Waals surface area (Å²) in [6.07, 6.45) is 8.52. The summed E-state index contributed by atoms with van der Waals surface area (Å²) < 4.78 is 0. The van der Waals surface area contributed by atoms with Gasteiger partial charge in [-0.15, -0.1) is 0 Å². The third-order valence-corrected chi connectivity index (χ3v) is 12.1. The molecule has 1 aliphatic heterocycles. The van der Waals surface area contributed by atoms with Gasteiger partial charge in [-0.1, -0.05) is 109 Å². The molecule has 5 amide bonds. The molecule has 2 aliphatic carbocycles. The maximum Gasteiger partial charge on any atom is 0.250 e. The number of amides is 5. The second kappa shape index (κ2) is 19.4. The number of unbranched alkanes of at least 4 members (excludes halogenated alkanes) is 1. The molecule has 5 aromatic rings. The van der Waals surface area contributed by atoms with Crippen molar-refractivity contribution in [2.24, 2.45) is 11.8 Å². The lowest BCUT2D eigenvalue weighted by molar-refractivity contribution is -0.138. The molecule has 0 bridgehead atoms. The predicted octanol–water partition coefficient (Wildman–Crippen LogP) is 7.41. The van der Waals surface area contributed by atoms with Crippen molar-refractivity contribution in [1.29, 1.82) is 0 Å². The van der Waals surface area contributed by atoms with Gasteiger partial charge in [-0.2, -0.15) is 0 Å². The first kappa shape index (κ1) is 42.1. The van der Waals surface area contributed by atoms with Gasteiger partial charge in [-0.25, -0.2) is 4.98 Å². The average molecular weight is 834 g/mol. The minimum absolute atomic E-state index is 0.00122. The van der Waals surface area contributed by atoms with E-state index in [-0.39, 0.29) is 53.5 Å². The number of carbonyl (C=O) groups excluding carboxylic acids is 5. The average Bonchev–Trinajstić information content (AvgIpc) is 4.24. The monoisotopic (exact) mass is 833 g/mol. The van der Waals surface area contributed by atoms with Gasteiger partial charge in [0.2, 0.25) is 29.5 Å². The van der Waals surface area contributed by atoms with Crippen molar-refractivity contribution < 1.29 is 24.0 Å². The Bertz CT molecular complexity index is 2340. The lowest BCUT2D eigenvalue weighted by Crippen LogP contribution is -2.43. The van der Waals surface area contributed by atoms with Crippen LogP contribution in [0, 0.1) is 11.8 Å². The first-order valence-electron chi connectivity index (χ1n) is 22.1.